The molecule has 16 heavy (non-hydrogen) atoms. The molecule has 0 bridgehead atoms. The molecule has 0 saturated heterocycles. The highest BCUT2D eigenvalue weighted by Gasteiger charge is 2.13. The van der Waals surface area contributed by atoms with E-state index in [-0.39, 0.29) is 8.80 Å². The summed E-state index contributed by atoms with van der Waals surface area (Å²) in [5.41, 5.74) is 0. The van der Waals surface area contributed by atoms with Crippen molar-refractivity contribution in [3.63, 3.8) is 0 Å². The second kappa shape index (κ2) is 9.27. The summed E-state index contributed by atoms with van der Waals surface area (Å²) in [6.07, 6.45) is 4.39. The first-order valence-electron chi connectivity index (χ1n) is 7.25. The Morgan fingerprint density at radius 1 is 0.562 bits per heavy atom. The molecule has 0 amide bonds. The molecule has 0 unspecified atom stereocenters. The molecule has 1 heteroatoms. The second-order valence-electron chi connectivity index (χ2n) is 6.55. The summed E-state index contributed by atoms with van der Waals surface area (Å²) in [6.45, 7) is 14.2. The first-order valence-corrected chi connectivity index (χ1v) is 9.37. The molecule has 0 heterocycles. The zero-order chi connectivity index (χ0) is 12.6. The van der Waals surface area contributed by atoms with Gasteiger partial charge in [-0.3, -0.25) is 0 Å². The van der Waals surface area contributed by atoms with E-state index in [0.29, 0.717) is 0 Å². The van der Waals surface area contributed by atoms with Gasteiger partial charge in [-0.25, -0.2) is 0 Å². The zero-order valence-corrected chi connectivity index (χ0v) is 13.5. The van der Waals surface area contributed by atoms with Gasteiger partial charge in [0.25, 0.3) is 0 Å². The zero-order valence-electron chi connectivity index (χ0n) is 12.5. The van der Waals surface area contributed by atoms with Gasteiger partial charge in [0, 0.05) is 8.80 Å². The van der Waals surface area contributed by atoms with Gasteiger partial charge in [0.15, 0.2) is 0 Å². The summed E-state index contributed by atoms with van der Waals surface area (Å²) in [6, 6.07) is 4.67. The van der Waals surface area contributed by atoms with E-state index >= 15 is 0 Å². The van der Waals surface area contributed by atoms with Crippen molar-refractivity contribution in [2.75, 3.05) is 0 Å². The maximum Gasteiger partial charge on any atom is 0.0479 e. The van der Waals surface area contributed by atoms with Gasteiger partial charge in [0.2, 0.25) is 0 Å². The monoisotopic (exact) mass is 241 g/mol. The highest BCUT2D eigenvalue weighted by atomic mass is 28.3. The lowest BCUT2D eigenvalue weighted by atomic mass is 10.2. The Morgan fingerprint density at radius 3 is 1.00 bits per heavy atom. The van der Waals surface area contributed by atoms with E-state index in [1.165, 1.54) is 19.3 Å². The van der Waals surface area contributed by atoms with Gasteiger partial charge in [-0.1, -0.05) is 78.9 Å². The Kier molecular flexibility index (Phi) is 9.39. The Morgan fingerprint density at radius 2 is 0.812 bits per heavy atom. The summed E-state index contributed by atoms with van der Waals surface area (Å²) in [5.74, 6) is 2.70. The van der Waals surface area contributed by atoms with E-state index in [4.69, 9.17) is 0 Å². The molecular weight excluding hydrogens is 208 g/mol. The molecule has 1 radical (unpaired) electrons. The van der Waals surface area contributed by atoms with Crippen LogP contribution in [0.3, 0.4) is 0 Å². The fourth-order valence-corrected chi connectivity index (χ4v) is 5.56. The second-order valence-corrected chi connectivity index (χ2v) is 9.55. The van der Waals surface area contributed by atoms with Crippen LogP contribution < -0.4 is 0 Å². The Bertz CT molecular complexity index is 121. The quantitative estimate of drug-likeness (QED) is 0.460. The molecule has 0 aromatic heterocycles. The molecular formula is C15H33Si. The van der Waals surface area contributed by atoms with Crippen LogP contribution in [0.2, 0.25) is 18.1 Å². The van der Waals surface area contributed by atoms with Crippen molar-refractivity contribution in [3.8, 4) is 0 Å². The average molecular weight is 242 g/mol. The van der Waals surface area contributed by atoms with Crippen LogP contribution in [-0.4, -0.2) is 8.80 Å². The molecule has 0 spiro atoms. The molecule has 0 N–H and O–H groups in total. The number of rotatable bonds is 9. The van der Waals surface area contributed by atoms with Crippen molar-refractivity contribution >= 4 is 8.80 Å². The van der Waals surface area contributed by atoms with E-state index < -0.39 is 0 Å². The van der Waals surface area contributed by atoms with Crippen LogP contribution in [-0.2, 0) is 0 Å². The van der Waals surface area contributed by atoms with Gasteiger partial charge in [-0.05, 0) is 17.8 Å². The molecule has 0 rings (SSSR count). The number of hydrogen-bond acceptors (Lipinski definition) is 0. The van der Waals surface area contributed by atoms with Gasteiger partial charge < -0.3 is 0 Å². The van der Waals surface area contributed by atoms with Gasteiger partial charge in [0.1, 0.15) is 0 Å². The summed E-state index contributed by atoms with van der Waals surface area (Å²) < 4.78 is 0. The topological polar surface area (TPSA) is 0 Å². The van der Waals surface area contributed by atoms with E-state index in [1.54, 1.807) is 18.1 Å². The van der Waals surface area contributed by atoms with Crippen LogP contribution in [0.4, 0.5) is 0 Å². The molecule has 0 aromatic rings. The highest BCUT2D eigenvalue weighted by Crippen LogP contribution is 2.20. The standard InChI is InChI=1S/C15H33Si/c1-13(2)7-10-16(11-8-14(3)4)12-9-15(5)6/h13-15H,7-12H2,1-6H3. The van der Waals surface area contributed by atoms with E-state index in [2.05, 4.69) is 41.5 Å². The molecule has 0 aliphatic heterocycles. The molecule has 0 saturated carbocycles. The van der Waals surface area contributed by atoms with E-state index in [0.717, 1.165) is 17.8 Å². The third kappa shape index (κ3) is 10.7. The fraction of sp³-hybridized carbons (Fsp3) is 1.00. The summed E-state index contributed by atoms with van der Waals surface area (Å²) in [7, 11) is -0.0302. The van der Waals surface area contributed by atoms with Crippen molar-refractivity contribution in [1.82, 2.24) is 0 Å². The maximum absolute atomic E-state index is 2.37. The van der Waals surface area contributed by atoms with Gasteiger partial charge in [-0.15, -0.1) is 0 Å². The van der Waals surface area contributed by atoms with Gasteiger partial charge in [-0.2, -0.15) is 0 Å². The lowest BCUT2D eigenvalue weighted by Crippen LogP contribution is -2.15. The van der Waals surface area contributed by atoms with Crippen LogP contribution in [0.15, 0.2) is 0 Å². The van der Waals surface area contributed by atoms with Crippen molar-refractivity contribution < 1.29 is 0 Å². The Labute approximate surface area is 106 Å². The fourth-order valence-electron chi connectivity index (χ4n) is 1.85. The normalized spacial score (nSPS) is 12.4. The molecule has 0 aromatic carbocycles. The smallest absolute Gasteiger partial charge is 0.0479 e. The Hall–Kier alpha value is 0.217. The van der Waals surface area contributed by atoms with Crippen LogP contribution in [0, 0.1) is 17.8 Å². The lowest BCUT2D eigenvalue weighted by molar-refractivity contribution is 0.592. The van der Waals surface area contributed by atoms with Gasteiger partial charge in [0.05, 0.1) is 0 Å². The molecule has 97 valence electrons. The van der Waals surface area contributed by atoms with Crippen LogP contribution in [0.25, 0.3) is 0 Å². The van der Waals surface area contributed by atoms with Gasteiger partial charge >= 0.3 is 0 Å². The SMILES string of the molecule is CC(C)CC[Si](CCC(C)C)CCC(C)C. The minimum Gasteiger partial charge on any atom is -0.0628 e. The van der Waals surface area contributed by atoms with Crippen molar-refractivity contribution in [1.29, 1.82) is 0 Å². The molecule has 0 nitrogen and oxygen atoms in total. The number of hydrogen-bond donors (Lipinski definition) is 0. The molecule has 0 aliphatic rings. The van der Waals surface area contributed by atoms with E-state index in [9.17, 15) is 0 Å². The third-order valence-electron chi connectivity index (χ3n) is 3.23. The molecule has 0 aliphatic carbocycles. The predicted octanol–water partition coefficient (Wildman–Crippen LogP) is 5.62. The predicted molar refractivity (Wildman–Crippen MR) is 78.5 cm³/mol. The third-order valence-corrected chi connectivity index (χ3v) is 6.21. The first-order chi connectivity index (χ1) is 7.41. The Balaban J connectivity index is 3.85. The molecule has 0 fully saturated rings. The molecule has 0 atom stereocenters. The lowest BCUT2D eigenvalue weighted by Gasteiger charge is -2.18. The minimum atomic E-state index is -0.0302. The summed E-state index contributed by atoms with van der Waals surface area (Å²) in [4.78, 5) is 0. The average Bonchev–Trinajstić information content (AvgIpc) is 2.15. The van der Waals surface area contributed by atoms with Crippen molar-refractivity contribution in [2.45, 2.75) is 78.9 Å². The van der Waals surface area contributed by atoms with Crippen molar-refractivity contribution in [2.24, 2.45) is 17.8 Å². The van der Waals surface area contributed by atoms with E-state index in [1.807, 2.05) is 0 Å². The van der Waals surface area contributed by atoms with Crippen LogP contribution >= 0.6 is 0 Å². The summed E-state index contributed by atoms with van der Waals surface area (Å²) >= 11 is 0. The largest absolute Gasteiger partial charge is 0.0628 e. The summed E-state index contributed by atoms with van der Waals surface area (Å²) in [5, 5.41) is 0. The minimum absolute atomic E-state index is 0.0302. The van der Waals surface area contributed by atoms with Crippen molar-refractivity contribution in [3.05, 3.63) is 0 Å². The van der Waals surface area contributed by atoms with Crippen LogP contribution in [0.5, 0.6) is 0 Å². The maximum atomic E-state index is 2.37. The first kappa shape index (κ1) is 16.2. The van der Waals surface area contributed by atoms with Crippen LogP contribution in [0.1, 0.15) is 60.8 Å². The highest BCUT2D eigenvalue weighted by molar-refractivity contribution is 6.58.